The van der Waals surface area contributed by atoms with Gasteiger partial charge in [-0.05, 0) is 29.8 Å². The largest absolute Gasteiger partial charge is 0.489 e. The number of amides is 3. The minimum Gasteiger partial charge on any atom is -0.489 e. The van der Waals surface area contributed by atoms with Crippen LogP contribution < -0.4 is 15.0 Å². The Morgan fingerprint density at radius 2 is 1.70 bits per heavy atom. The normalized spacial score (nSPS) is 20.1. The highest BCUT2D eigenvalue weighted by Gasteiger charge is 2.51. The number of rotatable bonds is 4. The van der Waals surface area contributed by atoms with Gasteiger partial charge in [-0.3, -0.25) is 14.7 Å². The SMILES string of the molecule is CN1C(=O)NC(=O)C2C1n1c(-c3ccc(OCc4ccccc4)cc3)nnc1N2C. The molecule has 2 atom stereocenters. The number of carbonyl (C=O) groups is 2. The zero-order chi connectivity index (χ0) is 20.8. The first kappa shape index (κ1) is 18.2. The fraction of sp³-hybridized carbons (Fsp3) is 0.238. The Labute approximate surface area is 172 Å². The molecular formula is C21H20N6O3. The fourth-order valence-corrected chi connectivity index (χ4v) is 3.95. The summed E-state index contributed by atoms with van der Waals surface area (Å²) in [5, 5.41) is 11.0. The van der Waals surface area contributed by atoms with Crippen molar-refractivity contribution in [2.24, 2.45) is 0 Å². The Morgan fingerprint density at radius 3 is 2.43 bits per heavy atom. The van der Waals surface area contributed by atoms with E-state index in [2.05, 4.69) is 15.5 Å². The molecule has 0 saturated carbocycles. The van der Waals surface area contributed by atoms with Gasteiger partial charge in [-0.25, -0.2) is 4.79 Å². The quantitative estimate of drug-likeness (QED) is 0.715. The van der Waals surface area contributed by atoms with Crippen LogP contribution in [0.3, 0.4) is 0 Å². The van der Waals surface area contributed by atoms with Crippen molar-refractivity contribution < 1.29 is 14.3 Å². The van der Waals surface area contributed by atoms with Crippen LogP contribution in [0.15, 0.2) is 54.6 Å². The smallest absolute Gasteiger partial charge is 0.325 e. The Bertz CT molecular complexity index is 1110. The van der Waals surface area contributed by atoms with Gasteiger partial charge in [0.15, 0.2) is 11.9 Å². The van der Waals surface area contributed by atoms with E-state index in [1.54, 1.807) is 19.0 Å². The average Bonchev–Trinajstić information content (AvgIpc) is 3.31. The highest BCUT2D eigenvalue weighted by atomic mass is 16.5. The molecule has 2 aliphatic heterocycles. The van der Waals surface area contributed by atoms with E-state index in [0.29, 0.717) is 18.4 Å². The number of ether oxygens (including phenoxy) is 1. The Hall–Kier alpha value is -3.88. The molecular weight excluding hydrogens is 384 g/mol. The van der Waals surface area contributed by atoms with Gasteiger partial charge in [0, 0.05) is 19.7 Å². The van der Waals surface area contributed by atoms with E-state index in [-0.39, 0.29) is 5.91 Å². The molecule has 3 aromatic rings. The van der Waals surface area contributed by atoms with Gasteiger partial charge in [0.2, 0.25) is 5.95 Å². The Balaban J connectivity index is 1.42. The van der Waals surface area contributed by atoms with Gasteiger partial charge < -0.3 is 14.5 Å². The number of nitrogens with zero attached hydrogens (tertiary/aromatic N) is 5. The number of urea groups is 1. The molecule has 0 spiro atoms. The molecule has 3 amide bonds. The molecule has 2 aromatic carbocycles. The van der Waals surface area contributed by atoms with Crippen molar-refractivity contribution in [3.8, 4) is 17.1 Å². The number of nitrogens with one attached hydrogen (secondary N) is 1. The molecule has 9 nitrogen and oxygen atoms in total. The molecule has 5 rings (SSSR count). The molecule has 1 fully saturated rings. The topological polar surface area (TPSA) is 92.6 Å². The van der Waals surface area contributed by atoms with Crippen LogP contribution in [0.1, 0.15) is 11.7 Å². The summed E-state index contributed by atoms with van der Waals surface area (Å²) in [6, 6.07) is 16.5. The predicted molar refractivity (Wildman–Crippen MR) is 109 cm³/mol. The van der Waals surface area contributed by atoms with Gasteiger partial charge in [-0.2, -0.15) is 0 Å². The molecule has 152 valence electrons. The lowest BCUT2D eigenvalue weighted by Crippen LogP contribution is -2.60. The monoisotopic (exact) mass is 404 g/mol. The number of likely N-dealkylation sites (N-methyl/N-ethyl adjacent to an activating group) is 2. The number of carbonyl (C=O) groups excluding carboxylic acids is 2. The third-order valence-corrected chi connectivity index (χ3v) is 5.53. The van der Waals surface area contributed by atoms with Crippen LogP contribution in [-0.2, 0) is 11.4 Å². The maximum atomic E-state index is 12.4. The minimum absolute atomic E-state index is 0.341. The molecule has 1 N–H and O–H groups in total. The van der Waals surface area contributed by atoms with E-state index in [0.717, 1.165) is 16.9 Å². The van der Waals surface area contributed by atoms with Crippen molar-refractivity contribution in [2.75, 3.05) is 19.0 Å². The van der Waals surface area contributed by atoms with Crippen LogP contribution in [0, 0.1) is 0 Å². The molecule has 2 aliphatic rings. The first-order valence-corrected chi connectivity index (χ1v) is 9.57. The van der Waals surface area contributed by atoms with Crippen molar-refractivity contribution in [1.29, 1.82) is 0 Å². The molecule has 0 radical (unpaired) electrons. The van der Waals surface area contributed by atoms with Crippen LogP contribution in [0.25, 0.3) is 11.4 Å². The zero-order valence-electron chi connectivity index (χ0n) is 16.5. The Kier molecular flexibility index (Phi) is 4.16. The summed E-state index contributed by atoms with van der Waals surface area (Å²) in [5.41, 5.74) is 1.91. The lowest BCUT2D eigenvalue weighted by atomic mass is 10.1. The summed E-state index contributed by atoms with van der Waals surface area (Å²) in [5.74, 6) is 1.53. The standard InChI is InChI=1S/C21H20N6O3/c1-25-16-18(28)22-21(29)26(2)19(16)27-17(23-24-20(25)27)14-8-10-15(11-9-14)30-12-13-6-4-3-5-7-13/h3-11,16,19H,12H2,1-2H3,(H,22,28,29). The van der Waals surface area contributed by atoms with E-state index in [9.17, 15) is 9.59 Å². The van der Waals surface area contributed by atoms with Crippen LogP contribution in [0.2, 0.25) is 0 Å². The number of benzene rings is 2. The minimum atomic E-state index is -0.551. The predicted octanol–water partition coefficient (Wildman–Crippen LogP) is 2.02. The lowest BCUT2D eigenvalue weighted by molar-refractivity contribution is -0.124. The van der Waals surface area contributed by atoms with E-state index in [1.807, 2.05) is 59.2 Å². The summed E-state index contributed by atoms with van der Waals surface area (Å²) >= 11 is 0. The lowest BCUT2D eigenvalue weighted by Gasteiger charge is -2.36. The number of hydrogen-bond donors (Lipinski definition) is 1. The van der Waals surface area contributed by atoms with Crippen LogP contribution in [-0.4, -0.2) is 51.7 Å². The van der Waals surface area contributed by atoms with E-state index in [1.165, 1.54) is 4.90 Å². The number of hydrogen-bond acceptors (Lipinski definition) is 6. The Morgan fingerprint density at radius 1 is 0.967 bits per heavy atom. The molecule has 1 saturated heterocycles. The van der Waals surface area contributed by atoms with Crippen molar-refractivity contribution in [3.63, 3.8) is 0 Å². The molecule has 0 aliphatic carbocycles. The second kappa shape index (κ2) is 6.87. The number of fused-ring (bicyclic) bond motifs is 3. The molecule has 3 heterocycles. The molecule has 2 unspecified atom stereocenters. The average molecular weight is 404 g/mol. The van der Waals surface area contributed by atoms with Crippen LogP contribution in [0.5, 0.6) is 5.75 Å². The maximum absolute atomic E-state index is 12.4. The fourth-order valence-electron chi connectivity index (χ4n) is 3.95. The van der Waals surface area contributed by atoms with Gasteiger partial charge in [0.05, 0.1) is 0 Å². The summed E-state index contributed by atoms with van der Waals surface area (Å²) < 4.78 is 7.68. The first-order valence-electron chi connectivity index (χ1n) is 9.57. The molecule has 30 heavy (non-hydrogen) atoms. The first-order chi connectivity index (χ1) is 14.5. The third kappa shape index (κ3) is 2.78. The van der Waals surface area contributed by atoms with E-state index < -0.39 is 18.2 Å². The third-order valence-electron chi connectivity index (χ3n) is 5.53. The maximum Gasteiger partial charge on any atom is 0.325 e. The summed E-state index contributed by atoms with van der Waals surface area (Å²) in [7, 11) is 3.44. The second-order valence-corrected chi connectivity index (χ2v) is 7.37. The highest BCUT2D eigenvalue weighted by molar-refractivity contribution is 6.02. The van der Waals surface area contributed by atoms with Gasteiger partial charge in [-0.15, -0.1) is 10.2 Å². The molecule has 1 aromatic heterocycles. The summed E-state index contributed by atoms with van der Waals surface area (Å²) in [6.45, 7) is 0.483. The van der Waals surface area contributed by atoms with Gasteiger partial charge >= 0.3 is 6.03 Å². The number of anilines is 1. The summed E-state index contributed by atoms with van der Waals surface area (Å²) in [4.78, 5) is 27.8. The second-order valence-electron chi connectivity index (χ2n) is 7.37. The van der Waals surface area contributed by atoms with E-state index >= 15 is 0 Å². The van der Waals surface area contributed by atoms with Crippen molar-refractivity contribution in [3.05, 3.63) is 60.2 Å². The summed E-state index contributed by atoms with van der Waals surface area (Å²) in [6.07, 6.45) is -0.509. The van der Waals surface area contributed by atoms with Crippen molar-refractivity contribution in [1.82, 2.24) is 25.0 Å². The molecule has 0 bridgehead atoms. The number of aromatic nitrogens is 3. The highest BCUT2D eigenvalue weighted by Crippen LogP contribution is 2.39. The van der Waals surface area contributed by atoms with Gasteiger partial charge in [0.25, 0.3) is 5.91 Å². The number of imide groups is 1. The zero-order valence-corrected chi connectivity index (χ0v) is 16.5. The molecule has 9 heteroatoms. The van der Waals surface area contributed by atoms with Gasteiger partial charge in [-0.1, -0.05) is 30.3 Å². The van der Waals surface area contributed by atoms with E-state index in [4.69, 9.17) is 4.74 Å². The van der Waals surface area contributed by atoms with Crippen molar-refractivity contribution in [2.45, 2.75) is 18.8 Å². The van der Waals surface area contributed by atoms with Crippen molar-refractivity contribution >= 4 is 17.9 Å². The van der Waals surface area contributed by atoms with Crippen LogP contribution in [0.4, 0.5) is 10.7 Å². The van der Waals surface area contributed by atoms with Crippen LogP contribution >= 0.6 is 0 Å². The van der Waals surface area contributed by atoms with Gasteiger partial charge in [0.1, 0.15) is 18.5 Å².